The smallest absolute Gasteiger partial charge is 0.224 e. The normalized spacial score (nSPS) is 10.1. The Hall–Kier alpha value is -1.62. The number of rotatable bonds is 6. The number of nitrogens with one attached hydrogen (secondary N) is 1. The minimum atomic E-state index is -0.463. The highest BCUT2D eigenvalue weighted by molar-refractivity contribution is 5.78. The van der Waals surface area contributed by atoms with Crippen molar-refractivity contribution < 1.29 is 18.7 Å². The number of ether oxygens (including phenoxy) is 2. The summed E-state index contributed by atoms with van der Waals surface area (Å²) in [6, 6.07) is 4.47. The molecule has 0 unspecified atom stereocenters. The molecule has 0 bridgehead atoms. The lowest BCUT2D eigenvalue weighted by atomic mass is 10.1. The van der Waals surface area contributed by atoms with Crippen molar-refractivity contribution in [3.8, 4) is 5.75 Å². The molecule has 0 saturated heterocycles. The number of methoxy groups -OCH3 is 2. The van der Waals surface area contributed by atoms with Gasteiger partial charge in [-0.3, -0.25) is 4.79 Å². The third-order valence-electron chi connectivity index (χ3n) is 2.21. The Morgan fingerprint density at radius 1 is 1.41 bits per heavy atom. The van der Waals surface area contributed by atoms with Crippen molar-refractivity contribution in [1.29, 1.82) is 0 Å². The summed E-state index contributed by atoms with van der Waals surface area (Å²) in [5.74, 6) is -0.449. The van der Waals surface area contributed by atoms with E-state index in [1.807, 2.05) is 0 Å². The Bertz CT molecular complexity index is 382. The van der Waals surface area contributed by atoms with E-state index in [0.717, 1.165) is 0 Å². The van der Waals surface area contributed by atoms with Crippen LogP contribution in [0.25, 0.3) is 0 Å². The number of hydrogen-bond acceptors (Lipinski definition) is 3. The highest BCUT2D eigenvalue weighted by atomic mass is 19.1. The summed E-state index contributed by atoms with van der Waals surface area (Å²) in [7, 11) is 2.96. The molecule has 0 aliphatic rings. The van der Waals surface area contributed by atoms with E-state index in [4.69, 9.17) is 9.47 Å². The van der Waals surface area contributed by atoms with Crippen LogP contribution in [0.2, 0.25) is 0 Å². The SMILES string of the molecule is COCCNC(=O)Cc1ccc(OC)c(F)c1. The van der Waals surface area contributed by atoms with Crippen LogP contribution in [-0.4, -0.2) is 33.3 Å². The molecule has 0 aliphatic carbocycles. The molecule has 1 aromatic rings. The monoisotopic (exact) mass is 241 g/mol. The molecule has 17 heavy (non-hydrogen) atoms. The second-order valence-corrected chi connectivity index (χ2v) is 3.49. The molecule has 0 radical (unpaired) electrons. The fourth-order valence-electron chi connectivity index (χ4n) is 1.36. The van der Waals surface area contributed by atoms with E-state index in [0.29, 0.717) is 18.7 Å². The zero-order chi connectivity index (χ0) is 12.7. The van der Waals surface area contributed by atoms with Gasteiger partial charge in [0.15, 0.2) is 11.6 Å². The Morgan fingerprint density at radius 3 is 2.76 bits per heavy atom. The molecule has 0 heterocycles. The zero-order valence-corrected chi connectivity index (χ0v) is 9.96. The van der Waals surface area contributed by atoms with E-state index >= 15 is 0 Å². The molecule has 1 amide bonds. The van der Waals surface area contributed by atoms with E-state index in [1.165, 1.54) is 19.2 Å². The largest absolute Gasteiger partial charge is 0.494 e. The van der Waals surface area contributed by atoms with Gasteiger partial charge >= 0.3 is 0 Å². The van der Waals surface area contributed by atoms with Crippen LogP contribution >= 0.6 is 0 Å². The van der Waals surface area contributed by atoms with Gasteiger partial charge < -0.3 is 14.8 Å². The first-order valence-electron chi connectivity index (χ1n) is 5.25. The van der Waals surface area contributed by atoms with Gasteiger partial charge in [-0.25, -0.2) is 4.39 Å². The lowest BCUT2D eigenvalue weighted by Gasteiger charge is -2.06. The van der Waals surface area contributed by atoms with Crippen LogP contribution in [0.3, 0.4) is 0 Å². The molecule has 0 atom stereocenters. The zero-order valence-electron chi connectivity index (χ0n) is 9.96. The highest BCUT2D eigenvalue weighted by Crippen LogP contribution is 2.17. The maximum atomic E-state index is 13.3. The Labute approximate surface area is 99.7 Å². The maximum Gasteiger partial charge on any atom is 0.224 e. The third kappa shape index (κ3) is 4.40. The third-order valence-corrected chi connectivity index (χ3v) is 2.21. The second kappa shape index (κ2) is 6.85. The maximum absolute atomic E-state index is 13.3. The first-order chi connectivity index (χ1) is 8.17. The summed E-state index contributed by atoms with van der Waals surface area (Å²) in [6.07, 6.45) is 0.143. The van der Waals surface area contributed by atoms with Crippen molar-refractivity contribution >= 4 is 5.91 Å². The summed E-state index contributed by atoms with van der Waals surface area (Å²) in [4.78, 5) is 11.4. The van der Waals surface area contributed by atoms with Crippen LogP contribution in [0.5, 0.6) is 5.75 Å². The van der Waals surface area contributed by atoms with Crippen molar-refractivity contribution in [2.75, 3.05) is 27.4 Å². The molecule has 0 aromatic heterocycles. The fraction of sp³-hybridized carbons (Fsp3) is 0.417. The van der Waals surface area contributed by atoms with Crippen molar-refractivity contribution in [2.24, 2.45) is 0 Å². The standard InChI is InChI=1S/C12H16FNO3/c1-16-6-5-14-12(15)8-9-3-4-11(17-2)10(13)7-9/h3-4,7H,5-6,8H2,1-2H3,(H,14,15). The molecular formula is C12H16FNO3. The van der Waals surface area contributed by atoms with Crippen LogP contribution in [0, 0.1) is 5.82 Å². The van der Waals surface area contributed by atoms with Gasteiger partial charge in [0.25, 0.3) is 0 Å². The van der Waals surface area contributed by atoms with Crippen molar-refractivity contribution in [1.82, 2.24) is 5.32 Å². The van der Waals surface area contributed by atoms with Crippen LogP contribution in [0.1, 0.15) is 5.56 Å². The van der Waals surface area contributed by atoms with E-state index in [2.05, 4.69) is 5.32 Å². The molecule has 1 N–H and O–H groups in total. The predicted molar refractivity (Wildman–Crippen MR) is 61.5 cm³/mol. The number of benzene rings is 1. The average Bonchev–Trinajstić information content (AvgIpc) is 2.29. The quantitative estimate of drug-likeness (QED) is 0.760. The van der Waals surface area contributed by atoms with Gasteiger partial charge in [0.2, 0.25) is 5.91 Å². The molecule has 1 rings (SSSR count). The van der Waals surface area contributed by atoms with Crippen molar-refractivity contribution in [3.05, 3.63) is 29.6 Å². The molecule has 1 aromatic carbocycles. The molecule has 0 aliphatic heterocycles. The molecule has 94 valence electrons. The van der Waals surface area contributed by atoms with Gasteiger partial charge in [-0.15, -0.1) is 0 Å². The van der Waals surface area contributed by atoms with E-state index < -0.39 is 5.82 Å². The van der Waals surface area contributed by atoms with Crippen LogP contribution < -0.4 is 10.1 Å². The van der Waals surface area contributed by atoms with Gasteiger partial charge in [-0.2, -0.15) is 0 Å². The van der Waals surface area contributed by atoms with Gasteiger partial charge in [-0.05, 0) is 17.7 Å². The summed E-state index contributed by atoms with van der Waals surface area (Å²) in [5, 5.41) is 2.66. The summed E-state index contributed by atoms with van der Waals surface area (Å²) >= 11 is 0. The van der Waals surface area contributed by atoms with E-state index in [1.54, 1.807) is 13.2 Å². The number of carbonyl (C=O) groups is 1. The Balaban J connectivity index is 2.51. The molecule has 4 nitrogen and oxygen atoms in total. The number of carbonyl (C=O) groups excluding carboxylic acids is 1. The van der Waals surface area contributed by atoms with E-state index in [-0.39, 0.29) is 18.1 Å². The molecule has 0 spiro atoms. The lowest BCUT2D eigenvalue weighted by molar-refractivity contribution is -0.120. The predicted octanol–water partition coefficient (Wildman–Crippen LogP) is 1.14. The number of amides is 1. The van der Waals surface area contributed by atoms with Gasteiger partial charge in [0.05, 0.1) is 20.1 Å². The molecular weight excluding hydrogens is 225 g/mol. The number of hydrogen-bond donors (Lipinski definition) is 1. The summed E-state index contributed by atoms with van der Waals surface area (Å²) in [5.41, 5.74) is 0.609. The second-order valence-electron chi connectivity index (χ2n) is 3.49. The van der Waals surface area contributed by atoms with E-state index in [9.17, 15) is 9.18 Å². The summed E-state index contributed by atoms with van der Waals surface area (Å²) in [6.45, 7) is 0.913. The number of halogens is 1. The van der Waals surface area contributed by atoms with Crippen LogP contribution in [-0.2, 0) is 16.0 Å². The topological polar surface area (TPSA) is 47.6 Å². The van der Waals surface area contributed by atoms with Crippen molar-refractivity contribution in [3.63, 3.8) is 0 Å². The highest BCUT2D eigenvalue weighted by Gasteiger charge is 2.07. The average molecular weight is 241 g/mol. The molecule has 0 saturated carbocycles. The van der Waals surface area contributed by atoms with Gasteiger partial charge in [0.1, 0.15) is 0 Å². The first kappa shape index (κ1) is 13.4. The molecule has 5 heteroatoms. The first-order valence-corrected chi connectivity index (χ1v) is 5.25. The fourth-order valence-corrected chi connectivity index (χ4v) is 1.36. The Kier molecular flexibility index (Phi) is 5.42. The van der Waals surface area contributed by atoms with Gasteiger partial charge in [0, 0.05) is 13.7 Å². The van der Waals surface area contributed by atoms with Gasteiger partial charge in [-0.1, -0.05) is 6.07 Å². The van der Waals surface area contributed by atoms with Crippen molar-refractivity contribution in [2.45, 2.75) is 6.42 Å². The van der Waals surface area contributed by atoms with Crippen LogP contribution in [0.4, 0.5) is 4.39 Å². The van der Waals surface area contributed by atoms with Crippen LogP contribution in [0.15, 0.2) is 18.2 Å². The molecule has 0 fully saturated rings. The Morgan fingerprint density at radius 2 is 2.18 bits per heavy atom. The summed E-state index contributed by atoms with van der Waals surface area (Å²) < 4.78 is 22.9. The minimum Gasteiger partial charge on any atom is -0.494 e. The minimum absolute atomic E-state index is 0.143. The lowest BCUT2D eigenvalue weighted by Crippen LogP contribution is -2.28.